The van der Waals surface area contributed by atoms with Gasteiger partial charge in [-0.1, -0.05) is 290 Å². The lowest BCUT2D eigenvalue weighted by Crippen LogP contribution is -2.30. The summed E-state index contributed by atoms with van der Waals surface area (Å²) in [6, 6.07) is 0. The molecule has 0 heterocycles. The predicted molar refractivity (Wildman–Crippen MR) is 418 cm³/mol. The van der Waals surface area contributed by atoms with Crippen LogP contribution in [0.5, 0.6) is 0 Å². The number of unbranched alkanes of at least 4 members (excludes halogenated alkanes) is 28. The minimum absolute atomic E-state index is 0.0586. The van der Waals surface area contributed by atoms with Gasteiger partial charge >= 0.3 is 39.5 Å². The van der Waals surface area contributed by atoms with Gasteiger partial charge in [0.1, 0.15) is 19.3 Å². The van der Waals surface area contributed by atoms with Gasteiger partial charge in [0.05, 0.1) is 26.4 Å². The summed E-state index contributed by atoms with van der Waals surface area (Å²) in [7, 11) is -9.97. The highest BCUT2D eigenvalue weighted by molar-refractivity contribution is 7.47. The number of ether oxygens (including phenoxy) is 4. The first-order valence-corrected chi connectivity index (χ1v) is 42.8. The molecule has 3 N–H and O–H groups in total. The van der Waals surface area contributed by atoms with E-state index < -0.39 is 97.5 Å². The number of hydrogen-bond donors (Lipinski definition) is 3. The van der Waals surface area contributed by atoms with Crippen LogP contribution in [0.1, 0.15) is 323 Å². The van der Waals surface area contributed by atoms with E-state index in [-0.39, 0.29) is 25.7 Å². The second kappa shape index (κ2) is 74.7. The Morgan fingerprint density at radius 3 is 0.824 bits per heavy atom. The molecule has 0 aromatic heterocycles. The minimum atomic E-state index is -4.99. The van der Waals surface area contributed by atoms with Crippen molar-refractivity contribution in [2.24, 2.45) is 0 Å². The highest BCUT2D eigenvalue weighted by Gasteiger charge is 2.30. The summed E-state index contributed by atoms with van der Waals surface area (Å²) in [5, 5.41) is 10.6. The molecular formula is C83H142O17P2. The Balaban J connectivity index is 5.40. The van der Waals surface area contributed by atoms with E-state index in [1.165, 1.54) is 70.6 Å². The quantitative estimate of drug-likeness (QED) is 0.0169. The monoisotopic (exact) mass is 1470 g/mol. The van der Waals surface area contributed by atoms with Gasteiger partial charge in [-0.15, -0.1) is 0 Å². The highest BCUT2D eigenvalue weighted by atomic mass is 31.2. The number of carbonyl (C=O) groups excluding carboxylic acids is 4. The molecule has 19 heteroatoms. The molecule has 17 nitrogen and oxygen atoms in total. The van der Waals surface area contributed by atoms with Crippen molar-refractivity contribution in [2.75, 3.05) is 39.6 Å². The van der Waals surface area contributed by atoms with E-state index in [0.717, 1.165) is 173 Å². The van der Waals surface area contributed by atoms with Crippen LogP contribution in [0.4, 0.5) is 0 Å². The van der Waals surface area contributed by atoms with Gasteiger partial charge in [0, 0.05) is 25.7 Å². The van der Waals surface area contributed by atoms with Crippen LogP contribution in [0.15, 0.2) is 122 Å². The van der Waals surface area contributed by atoms with Crippen LogP contribution in [0.2, 0.25) is 0 Å². The van der Waals surface area contributed by atoms with Crippen molar-refractivity contribution in [3.8, 4) is 0 Å². The average molecular weight is 1470 g/mol. The lowest BCUT2D eigenvalue weighted by Gasteiger charge is -2.21. The summed E-state index contributed by atoms with van der Waals surface area (Å²) in [5.74, 6) is -2.23. The number of hydrogen-bond acceptors (Lipinski definition) is 15. The molecule has 0 spiro atoms. The Hall–Kier alpha value is -4.54. The van der Waals surface area contributed by atoms with Crippen LogP contribution in [0, 0.1) is 0 Å². The molecule has 0 aromatic carbocycles. The molecule has 0 aromatic rings. The van der Waals surface area contributed by atoms with E-state index in [0.29, 0.717) is 25.7 Å². The van der Waals surface area contributed by atoms with Crippen molar-refractivity contribution in [1.82, 2.24) is 0 Å². The second-order valence-electron chi connectivity index (χ2n) is 26.2. The largest absolute Gasteiger partial charge is 0.472 e. The van der Waals surface area contributed by atoms with Crippen molar-refractivity contribution in [1.29, 1.82) is 0 Å². The number of phosphoric ester groups is 2. The number of aliphatic hydroxyl groups is 1. The summed E-state index contributed by atoms with van der Waals surface area (Å²) in [5.41, 5.74) is 0. The molecule has 0 aliphatic carbocycles. The lowest BCUT2D eigenvalue weighted by molar-refractivity contribution is -0.161. The Morgan fingerprint density at radius 1 is 0.284 bits per heavy atom. The molecule has 0 fully saturated rings. The highest BCUT2D eigenvalue weighted by Crippen LogP contribution is 2.45. The maximum atomic E-state index is 13.1. The standard InChI is InChI=1S/C83H142O17P2/c1-5-9-13-17-21-25-29-33-36-38-41-45-48-52-56-60-64-68-81(86)94-74-79(100-83(88)70-66-62-58-54-50-46-42-39-37-34-30-26-22-18-14-10-6-2)76-98-102(91,92)96-72-77(84)71-95-101(89,90)97-75-78(99-82(87)69-65-61-57-53-49-43-32-28-24-20-16-12-8-4)73-93-80(85)67-63-59-55-51-47-44-40-35-31-27-23-19-15-11-7-3/h9-10,13-14,16,20-22,25-26,28,32-34,36-37,41-42,45-46,77-79,84H,5-8,11-12,15,17-19,23-24,27,29-31,35,38-40,43-44,47-76H2,1-4H3,(H,89,90)(H,91,92)/b13-9-,14-10-,20-16-,25-21-,26-22-,32-28-,36-33-,37-34-,45-41-,46-42-. The van der Waals surface area contributed by atoms with Crippen molar-refractivity contribution in [3.63, 3.8) is 0 Å². The van der Waals surface area contributed by atoms with Crippen LogP contribution in [0.25, 0.3) is 0 Å². The fourth-order valence-corrected chi connectivity index (χ4v) is 12.0. The van der Waals surface area contributed by atoms with E-state index in [2.05, 4.69) is 149 Å². The first-order valence-electron chi connectivity index (χ1n) is 39.8. The maximum Gasteiger partial charge on any atom is 0.472 e. The minimum Gasteiger partial charge on any atom is -0.462 e. The molecule has 102 heavy (non-hydrogen) atoms. The normalized spacial score (nSPS) is 14.5. The Bertz CT molecular complexity index is 2410. The molecule has 586 valence electrons. The van der Waals surface area contributed by atoms with Gasteiger partial charge in [0.25, 0.3) is 0 Å². The van der Waals surface area contributed by atoms with Crippen LogP contribution < -0.4 is 0 Å². The van der Waals surface area contributed by atoms with Gasteiger partial charge in [-0.2, -0.15) is 0 Å². The number of allylic oxidation sites excluding steroid dienone is 20. The van der Waals surface area contributed by atoms with Gasteiger partial charge in [-0.3, -0.25) is 37.3 Å². The Morgan fingerprint density at radius 2 is 0.529 bits per heavy atom. The number of esters is 4. The number of rotatable bonds is 74. The summed E-state index contributed by atoms with van der Waals surface area (Å²) in [6.45, 7) is 4.54. The first kappa shape index (κ1) is 97.5. The topological polar surface area (TPSA) is 237 Å². The molecule has 0 bridgehead atoms. The van der Waals surface area contributed by atoms with Crippen molar-refractivity contribution in [3.05, 3.63) is 122 Å². The number of carbonyl (C=O) groups is 4. The van der Waals surface area contributed by atoms with Crippen LogP contribution in [0.3, 0.4) is 0 Å². The smallest absolute Gasteiger partial charge is 0.462 e. The zero-order valence-corrected chi connectivity index (χ0v) is 65.8. The molecule has 0 radical (unpaired) electrons. The second-order valence-corrected chi connectivity index (χ2v) is 29.2. The van der Waals surface area contributed by atoms with Crippen molar-refractivity contribution >= 4 is 39.5 Å². The van der Waals surface area contributed by atoms with Crippen LogP contribution in [-0.4, -0.2) is 96.7 Å². The fourth-order valence-electron chi connectivity index (χ4n) is 10.4. The summed E-state index contributed by atoms with van der Waals surface area (Å²) >= 11 is 0. The molecular weight excluding hydrogens is 1330 g/mol. The van der Waals surface area contributed by atoms with E-state index in [9.17, 15) is 43.2 Å². The summed E-state index contributed by atoms with van der Waals surface area (Å²) in [4.78, 5) is 73.0. The molecule has 5 unspecified atom stereocenters. The third-order valence-corrected chi connectivity index (χ3v) is 18.3. The molecule has 0 saturated heterocycles. The van der Waals surface area contributed by atoms with Gasteiger partial charge in [-0.25, -0.2) is 9.13 Å². The van der Waals surface area contributed by atoms with Crippen molar-refractivity contribution < 1.29 is 80.2 Å². The molecule has 0 saturated carbocycles. The van der Waals surface area contributed by atoms with E-state index in [1.807, 2.05) is 0 Å². The predicted octanol–water partition coefficient (Wildman–Crippen LogP) is 23.1. The molecule has 0 aliphatic heterocycles. The average Bonchev–Trinajstić information content (AvgIpc) is 0.959. The van der Waals surface area contributed by atoms with E-state index >= 15 is 0 Å². The third kappa shape index (κ3) is 73.8. The number of phosphoric acid groups is 2. The van der Waals surface area contributed by atoms with Crippen LogP contribution >= 0.6 is 15.6 Å². The van der Waals surface area contributed by atoms with Gasteiger partial charge in [0.15, 0.2) is 12.2 Å². The Kier molecular flexibility index (Phi) is 71.4. The van der Waals surface area contributed by atoms with Crippen molar-refractivity contribution in [2.45, 2.75) is 341 Å². The first-order chi connectivity index (χ1) is 49.7. The fraction of sp³-hybridized carbons (Fsp3) is 0.711. The molecule has 0 amide bonds. The summed E-state index contributed by atoms with van der Waals surface area (Å²) in [6.07, 6.45) is 81.8. The molecule has 5 atom stereocenters. The SMILES string of the molecule is CC/C=C\C/C=C\C/C=C\C/C=C\CCCCCCC(=O)OCC(COP(=O)(O)OCC(O)COP(=O)(O)OCC(COC(=O)CCCCCCCCCCCCCCCCC)OC(=O)CCCCCCC/C=C\C/C=C\CCC)OC(=O)CCCCCC/C=C\C/C=C\C/C=C\C/C=C\CC. The van der Waals surface area contributed by atoms with Gasteiger partial charge < -0.3 is 33.8 Å². The molecule has 0 aliphatic rings. The van der Waals surface area contributed by atoms with Crippen LogP contribution in [-0.2, 0) is 65.4 Å². The summed E-state index contributed by atoms with van der Waals surface area (Å²) < 4.78 is 68.6. The van der Waals surface area contributed by atoms with E-state index in [4.69, 9.17) is 37.0 Å². The molecule has 0 rings (SSSR count). The van der Waals surface area contributed by atoms with E-state index in [1.54, 1.807) is 0 Å². The van der Waals surface area contributed by atoms with Gasteiger partial charge in [0.2, 0.25) is 0 Å². The zero-order valence-electron chi connectivity index (χ0n) is 64.0. The number of aliphatic hydroxyl groups excluding tert-OH is 1. The maximum absolute atomic E-state index is 13.1. The zero-order chi connectivity index (χ0) is 74.6. The lowest BCUT2D eigenvalue weighted by atomic mass is 10.0. The van der Waals surface area contributed by atoms with Gasteiger partial charge in [-0.05, 0) is 128 Å². The third-order valence-electron chi connectivity index (χ3n) is 16.4. The Labute approximate surface area is 619 Å².